The number of carbonyl (C=O) groups is 5. The van der Waals surface area contributed by atoms with E-state index in [1.165, 1.54) is 13.8 Å². The summed E-state index contributed by atoms with van der Waals surface area (Å²) >= 11 is 0. The number of fused-ring (bicyclic) bond motifs is 1. The predicted octanol–water partition coefficient (Wildman–Crippen LogP) is 5.09. The number of ether oxygens (including phenoxy) is 6. The molecule has 0 spiro atoms. The van der Waals surface area contributed by atoms with E-state index in [1.807, 2.05) is 56.3 Å². The molecule has 0 saturated carbocycles. The molecule has 3 saturated heterocycles. The number of nitrogens with one attached hydrogen (secondary N) is 2. The Bertz CT molecular complexity index is 1950. The average Bonchev–Trinajstić information content (AvgIpc) is 3.56. The molecule has 63 heavy (non-hydrogen) atoms. The van der Waals surface area contributed by atoms with Crippen molar-refractivity contribution in [3.8, 4) is 11.3 Å². The highest BCUT2D eigenvalue weighted by molar-refractivity contribution is 5.85. The van der Waals surface area contributed by atoms with Crippen molar-refractivity contribution in [3.05, 3.63) is 54.5 Å². The number of aromatic nitrogens is 2. The third kappa shape index (κ3) is 11.4. The fourth-order valence-electron chi connectivity index (χ4n) is 9.34. The number of likely N-dealkylation sites (N-methyl/N-ethyl adjacent to an activating group) is 1. The van der Waals surface area contributed by atoms with E-state index in [-0.39, 0.29) is 37.3 Å². The van der Waals surface area contributed by atoms with E-state index in [0.717, 1.165) is 16.8 Å². The first-order valence-corrected chi connectivity index (χ1v) is 21.7. The summed E-state index contributed by atoms with van der Waals surface area (Å²) in [4.78, 5) is 78.2. The van der Waals surface area contributed by atoms with Crippen molar-refractivity contribution in [2.24, 2.45) is 23.7 Å². The maximum Gasteiger partial charge on any atom is 0.408 e. The first kappa shape index (κ1) is 49.1. The minimum Gasteiger partial charge on any atom is -0.458 e. The number of aliphatic hydroxyl groups is 1. The zero-order valence-corrected chi connectivity index (χ0v) is 38.2. The van der Waals surface area contributed by atoms with Crippen molar-refractivity contribution in [3.63, 3.8) is 0 Å². The van der Waals surface area contributed by atoms with Gasteiger partial charge in [-0.3, -0.25) is 24.4 Å². The number of Topliss-reactive ketones (excluding diaryl/α,β-unsaturated/α-hetero) is 1. The van der Waals surface area contributed by atoms with Crippen LogP contribution in [-0.2, 0) is 42.8 Å². The Labute approximate surface area is 370 Å². The van der Waals surface area contributed by atoms with Crippen LogP contribution in [0.4, 0.5) is 9.59 Å². The number of hydrogen-bond donors (Lipinski definition) is 3. The number of amides is 2. The number of cyclic esters (lactones) is 1. The van der Waals surface area contributed by atoms with E-state index in [2.05, 4.69) is 20.6 Å². The van der Waals surface area contributed by atoms with Crippen LogP contribution in [-0.4, -0.2) is 131 Å². The molecule has 3 aliphatic heterocycles. The molecule has 3 aliphatic rings. The van der Waals surface area contributed by atoms with Gasteiger partial charge in [0.25, 0.3) is 0 Å². The second-order valence-corrected chi connectivity index (χ2v) is 17.9. The number of aliphatic hydroxyl groups excluding tert-OH is 1. The Balaban J connectivity index is 1.52. The van der Waals surface area contributed by atoms with Gasteiger partial charge in [-0.05, 0) is 66.6 Å². The Morgan fingerprint density at radius 2 is 1.75 bits per heavy atom. The molecule has 0 bridgehead atoms. The van der Waals surface area contributed by atoms with E-state index in [0.29, 0.717) is 6.42 Å². The molecule has 14 atom stereocenters. The van der Waals surface area contributed by atoms with Crippen molar-refractivity contribution in [1.29, 1.82) is 0 Å². The smallest absolute Gasteiger partial charge is 0.408 e. The molecule has 0 radical (unpaired) electrons. The summed E-state index contributed by atoms with van der Waals surface area (Å²) in [5.41, 5.74) is -0.660. The number of hydrogen-bond acceptors (Lipinski definition) is 15. The lowest BCUT2D eigenvalue weighted by Crippen LogP contribution is -2.61. The lowest BCUT2D eigenvalue weighted by atomic mass is 9.73. The molecule has 17 nitrogen and oxygen atoms in total. The number of rotatable bonds is 10. The number of esters is 2. The van der Waals surface area contributed by atoms with Crippen LogP contribution in [0.3, 0.4) is 0 Å². The Morgan fingerprint density at radius 3 is 2.37 bits per heavy atom. The van der Waals surface area contributed by atoms with E-state index in [1.54, 1.807) is 66.2 Å². The van der Waals surface area contributed by atoms with Gasteiger partial charge in [0.2, 0.25) is 0 Å². The van der Waals surface area contributed by atoms with Crippen molar-refractivity contribution >= 4 is 36.0 Å². The topological polar surface area (TPSA) is 214 Å². The van der Waals surface area contributed by atoms with Crippen LogP contribution in [0.15, 0.2) is 48.9 Å². The fourth-order valence-corrected chi connectivity index (χ4v) is 9.34. The van der Waals surface area contributed by atoms with Crippen LogP contribution in [0.25, 0.3) is 17.3 Å². The summed E-state index contributed by atoms with van der Waals surface area (Å²) in [6.07, 6.45) is 1.16. The molecule has 1 aromatic heterocycles. The van der Waals surface area contributed by atoms with Gasteiger partial charge in [0.05, 0.1) is 42.1 Å². The van der Waals surface area contributed by atoms with Gasteiger partial charge in [-0.1, -0.05) is 64.1 Å². The van der Waals surface area contributed by atoms with Gasteiger partial charge in [0, 0.05) is 49.2 Å². The largest absolute Gasteiger partial charge is 0.458 e. The average molecular weight is 880 g/mol. The van der Waals surface area contributed by atoms with E-state index in [4.69, 9.17) is 28.4 Å². The molecule has 4 heterocycles. The fraction of sp³-hybridized carbons (Fsp3) is 0.630. The van der Waals surface area contributed by atoms with Crippen LogP contribution >= 0.6 is 0 Å². The Morgan fingerprint density at radius 1 is 1.05 bits per heavy atom. The highest BCUT2D eigenvalue weighted by Crippen LogP contribution is 2.41. The molecule has 5 rings (SSSR count). The van der Waals surface area contributed by atoms with E-state index < -0.39 is 95.7 Å². The second kappa shape index (κ2) is 20.7. The molecule has 2 aromatic rings. The van der Waals surface area contributed by atoms with E-state index >= 15 is 0 Å². The number of carbonyl (C=O) groups excluding carboxylic acids is 5. The lowest BCUT2D eigenvalue weighted by molar-refractivity contribution is -0.300. The van der Waals surface area contributed by atoms with E-state index in [9.17, 15) is 29.1 Å². The summed E-state index contributed by atoms with van der Waals surface area (Å²) in [6, 6.07) is 6.39. The second-order valence-electron chi connectivity index (χ2n) is 17.9. The molecule has 17 heteroatoms. The number of alkyl carbamates (subject to hydrolysis) is 2. The molecular weight excluding hydrogens is 815 g/mol. The zero-order valence-electron chi connectivity index (χ0n) is 38.2. The van der Waals surface area contributed by atoms with Crippen LogP contribution in [0, 0.1) is 23.7 Å². The predicted molar refractivity (Wildman–Crippen MR) is 231 cm³/mol. The van der Waals surface area contributed by atoms with Crippen molar-refractivity contribution in [1.82, 2.24) is 25.5 Å². The first-order chi connectivity index (χ1) is 29.7. The minimum absolute atomic E-state index is 0.0553. The van der Waals surface area contributed by atoms with Gasteiger partial charge in [-0.2, -0.15) is 0 Å². The molecule has 1 aromatic carbocycles. The van der Waals surface area contributed by atoms with Gasteiger partial charge >= 0.3 is 24.1 Å². The quantitative estimate of drug-likeness (QED) is 0.209. The standard InChI is InChI=1S/C46H65N5O12/c1-12-35-46(9)39(50-44(57)63-46)27(4)36(53)25(2)23-45(8,62-43(56)49-19-13-14-31-15-17-32(18-16-31)33-24-47-20-21-48-33)40(28(5)37(54)29(6)41(55)60-35)61-42-38(59-30(7)52)34(51(10)11)22-26(3)58-42/h13-18,20-21,24-29,34-35,37-40,42,54H,12,19,22-23H2,1-11H3,(H,49,56)(H,50,57)/b14-13+/t25-,26-,27+,28+,29-,34+,35-,37+,38-,39-,40-,42+,45-,46-/m1/s1. The normalized spacial score (nSPS) is 35.5. The third-order valence-corrected chi connectivity index (χ3v) is 12.7. The Hall–Kier alpha value is -4.97. The molecule has 3 N–H and O–H groups in total. The van der Waals surface area contributed by atoms with Crippen LogP contribution in [0.1, 0.15) is 87.1 Å². The zero-order chi connectivity index (χ0) is 46.4. The summed E-state index contributed by atoms with van der Waals surface area (Å²) in [6.45, 7) is 14.7. The summed E-state index contributed by atoms with van der Waals surface area (Å²) in [5, 5.41) is 17.7. The first-order valence-electron chi connectivity index (χ1n) is 21.7. The minimum atomic E-state index is -1.73. The number of nitrogens with zero attached hydrogens (tertiary/aromatic N) is 3. The lowest BCUT2D eigenvalue weighted by Gasteiger charge is -2.48. The van der Waals surface area contributed by atoms with Crippen LogP contribution in [0.5, 0.6) is 0 Å². The highest BCUT2D eigenvalue weighted by atomic mass is 16.7. The van der Waals surface area contributed by atoms with Gasteiger partial charge in [-0.15, -0.1) is 0 Å². The monoisotopic (exact) mass is 879 g/mol. The summed E-state index contributed by atoms with van der Waals surface area (Å²) in [7, 11) is 3.69. The van der Waals surface area contributed by atoms with Gasteiger partial charge < -0.3 is 49.1 Å². The summed E-state index contributed by atoms with van der Waals surface area (Å²) in [5.74, 6) is -5.54. The molecule has 346 valence electrons. The van der Waals surface area contributed by atoms with Gasteiger partial charge in [0.1, 0.15) is 23.6 Å². The van der Waals surface area contributed by atoms with Crippen LogP contribution < -0.4 is 10.6 Å². The molecule has 0 aliphatic carbocycles. The van der Waals surface area contributed by atoms with Crippen molar-refractivity contribution in [2.45, 2.75) is 142 Å². The maximum atomic E-state index is 14.6. The SMILES string of the molecule is CC[C@H]1OC(=O)[C@H](C)[C@@H](O)[C@H](C)[C@@H](O[C@@H]2O[C@H](C)C[C@H](N(C)C)[C@H]2OC(C)=O)[C@](C)(OC(=O)NC/C=C/c2ccc(-c3cnccn3)cc2)C[C@@H](C)C(=O)[C@H](C)[C@H]2NC(=O)O[C@@]21C. The Kier molecular flexibility index (Phi) is 16.1. The summed E-state index contributed by atoms with van der Waals surface area (Å²) < 4.78 is 37.2. The highest BCUT2D eigenvalue weighted by Gasteiger charge is 2.58. The molecular formula is C46H65N5O12. The number of benzene rings is 1. The molecule has 2 amide bonds. The van der Waals surface area contributed by atoms with Crippen molar-refractivity contribution < 1.29 is 57.5 Å². The number of ketones is 1. The molecule has 3 fully saturated rings. The maximum absolute atomic E-state index is 14.6. The molecule has 0 unspecified atom stereocenters. The van der Waals surface area contributed by atoms with Crippen LogP contribution in [0.2, 0.25) is 0 Å². The van der Waals surface area contributed by atoms with Gasteiger partial charge in [0.15, 0.2) is 18.0 Å². The van der Waals surface area contributed by atoms with Gasteiger partial charge in [-0.25, -0.2) is 9.59 Å². The van der Waals surface area contributed by atoms with Crippen molar-refractivity contribution in [2.75, 3.05) is 20.6 Å². The third-order valence-electron chi connectivity index (χ3n) is 12.7.